The second-order valence-electron chi connectivity index (χ2n) is 11.6. The first kappa shape index (κ1) is 34.4. The quantitative estimate of drug-likeness (QED) is 0.299. The number of ether oxygens (including phenoxy) is 1. The van der Waals surface area contributed by atoms with Gasteiger partial charge in [0.05, 0.1) is 11.1 Å². The molecule has 0 saturated carbocycles. The number of piperazine rings is 1. The average molecular weight is 623 g/mol. The van der Waals surface area contributed by atoms with E-state index < -0.39 is 17.2 Å². The highest BCUT2D eigenvalue weighted by atomic mass is 19.1. The predicted octanol–water partition coefficient (Wildman–Crippen LogP) is 5.15. The van der Waals surface area contributed by atoms with Crippen molar-refractivity contribution in [3.8, 4) is 5.75 Å². The van der Waals surface area contributed by atoms with Crippen LogP contribution in [0, 0.1) is 5.82 Å². The van der Waals surface area contributed by atoms with E-state index in [4.69, 9.17) is 4.74 Å². The number of nitrogens with zero attached hydrogens (tertiary/aromatic N) is 4. The van der Waals surface area contributed by atoms with Crippen molar-refractivity contribution >= 4 is 28.2 Å². The van der Waals surface area contributed by atoms with E-state index >= 15 is 4.39 Å². The van der Waals surface area contributed by atoms with E-state index in [1.807, 2.05) is 38.2 Å². The van der Waals surface area contributed by atoms with Crippen molar-refractivity contribution in [2.24, 2.45) is 0 Å². The third kappa shape index (κ3) is 8.23. The maximum Gasteiger partial charge on any atom is 0.256 e. The second-order valence-corrected chi connectivity index (χ2v) is 11.6. The normalized spacial score (nSPS) is 16.2. The molecule has 1 saturated heterocycles. The van der Waals surface area contributed by atoms with Crippen LogP contribution in [0.4, 0.5) is 10.1 Å². The Balaban J connectivity index is 0.00000226. The van der Waals surface area contributed by atoms with Crippen LogP contribution in [0.5, 0.6) is 5.75 Å². The lowest BCUT2D eigenvalue weighted by Crippen LogP contribution is -2.45. The van der Waals surface area contributed by atoms with Crippen molar-refractivity contribution in [2.45, 2.75) is 53.4 Å². The summed E-state index contributed by atoms with van der Waals surface area (Å²) in [5, 5.41) is 6.30. The molecule has 2 aliphatic heterocycles. The number of amides is 1. The van der Waals surface area contributed by atoms with Gasteiger partial charge in [0.25, 0.3) is 5.91 Å². The minimum Gasteiger partial charge on any atom is -0.451 e. The predicted molar refractivity (Wildman–Crippen MR) is 183 cm³/mol. The van der Waals surface area contributed by atoms with Crippen LogP contribution in [0.25, 0.3) is 16.6 Å². The summed E-state index contributed by atoms with van der Waals surface area (Å²) in [6, 6.07) is 1.24. The van der Waals surface area contributed by atoms with Gasteiger partial charge in [-0.1, -0.05) is 39.8 Å². The summed E-state index contributed by atoms with van der Waals surface area (Å²) >= 11 is 0. The highest BCUT2D eigenvalue weighted by Crippen LogP contribution is 2.42. The number of rotatable bonds is 13. The summed E-state index contributed by atoms with van der Waals surface area (Å²) in [7, 11) is 2.13. The lowest BCUT2D eigenvalue weighted by atomic mass is 10.1. The van der Waals surface area contributed by atoms with Gasteiger partial charge in [0.2, 0.25) is 5.43 Å². The molecule has 9 nitrogen and oxygen atoms in total. The second kappa shape index (κ2) is 16.7. The Morgan fingerprint density at radius 2 is 1.73 bits per heavy atom. The van der Waals surface area contributed by atoms with E-state index in [0.29, 0.717) is 36.5 Å². The van der Waals surface area contributed by atoms with Crippen LogP contribution >= 0.6 is 0 Å². The van der Waals surface area contributed by atoms with Crippen LogP contribution in [0.1, 0.15) is 63.7 Å². The van der Waals surface area contributed by atoms with Gasteiger partial charge < -0.3 is 34.6 Å². The van der Waals surface area contributed by atoms with Crippen molar-refractivity contribution in [3.05, 3.63) is 63.9 Å². The van der Waals surface area contributed by atoms with Crippen molar-refractivity contribution in [3.63, 3.8) is 0 Å². The fourth-order valence-corrected chi connectivity index (χ4v) is 6.02. The summed E-state index contributed by atoms with van der Waals surface area (Å²) in [4.78, 5) is 34.1. The molecule has 1 fully saturated rings. The van der Waals surface area contributed by atoms with E-state index in [1.165, 1.54) is 6.07 Å². The molecule has 2 N–H and O–H groups in total. The summed E-state index contributed by atoms with van der Waals surface area (Å²) in [6.45, 7) is 17.0. The first-order valence-corrected chi connectivity index (χ1v) is 16.7. The molecular formula is C35H51FN6O3. The molecule has 0 radical (unpaired) electrons. The first-order chi connectivity index (χ1) is 21.9. The van der Waals surface area contributed by atoms with Gasteiger partial charge in [-0.15, -0.1) is 0 Å². The average Bonchev–Trinajstić information content (AvgIpc) is 3.29. The number of aromatic nitrogens is 1. The van der Waals surface area contributed by atoms with Gasteiger partial charge in [-0.25, -0.2) is 4.39 Å². The van der Waals surface area contributed by atoms with Crippen molar-refractivity contribution in [1.29, 1.82) is 0 Å². The molecule has 246 valence electrons. The van der Waals surface area contributed by atoms with Crippen LogP contribution in [-0.2, 0) is 0 Å². The number of hydrogen-bond donors (Lipinski definition) is 2. The van der Waals surface area contributed by atoms with Gasteiger partial charge in [0.1, 0.15) is 16.8 Å². The first-order valence-electron chi connectivity index (χ1n) is 16.7. The Labute approximate surface area is 267 Å². The van der Waals surface area contributed by atoms with Gasteiger partial charge in [-0.05, 0) is 70.6 Å². The van der Waals surface area contributed by atoms with Crippen LogP contribution in [0.15, 0.2) is 47.1 Å². The lowest BCUT2D eigenvalue weighted by molar-refractivity contribution is 0.0948. The molecule has 0 unspecified atom stereocenters. The van der Waals surface area contributed by atoms with Gasteiger partial charge in [0.15, 0.2) is 17.3 Å². The van der Waals surface area contributed by atoms with E-state index in [9.17, 15) is 9.59 Å². The fraction of sp³-hybridized carbons (Fsp3) is 0.543. The zero-order chi connectivity index (χ0) is 32.3. The van der Waals surface area contributed by atoms with Gasteiger partial charge in [0, 0.05) is 52.0 Å². The largest absolute Gasteiger partial charge is 0.451 e. The number of nitrogens with one attached hydrogen (secondary N) is 2. The third-order valence-corrected chi connectivity index (χ3v) is 8.32. The number of carbonyl (C=O) groups is 1. The molecule has 45 heavy (non-hydrogen) atoms. The summed E-state index contributed by atoms with van der Waals surface area (Å²) < 4.78 is 23.9. The number of likely N-dealkylation sites (N-methyl/N-ethyl adjacent to an activating group) is 1. The van der Waals surface area contributed by atoms with Crippen LogP contribution < -0.4 is 20.8 Å². The zero-order valence-electron chi connectivity index (χ0n) is 27.8. The Morgan fingerprint density at radius 3 is 2.44 bits per heavy atom. The number of pyridine rings is 1. The number of anilines is 1. The molecule has 10 heteroatoms. The van der Waals surface area contributed by atoms with Crippen LogP contribution in [0.2, 0.25) is 0 Å². The molecule has 2 aromatic rings. The Bertz CT molecular complexity index is 1470. The van der Waals surface area contributed by atoms with Crippen molar-refractivity contribution < 1.29 is 13.9 Å². The fourth-order valence-electron chi connectivity index (χ4n) is 6.02. The van der Waals surface area contributed by atoms with Crippen molar-refractivity contribution in [2.75, 3.05) is 77.8 Å². The highest BCUT2D eigenvalue weighted by Gasteiger charge is 2.29. The summed E-state index contributed by atoms with van der Waals surface area (Å²) in [6.07, 6.45) is 12.9. The smallest absolute Gasteiger partial charge is 0.256 e. The standard InChI is InChI=1S/C33H45FN6O3.C2H6/c1-4-14-38(15-5-2)17-13-35-29-26(34)22-24-30-32(29)43-28-11-8-6-7-10-27(28)40(30)23-25(31(24)41)33(42)36-12-9-16-39-20-18-37(3)19-21-39;1-2/h7-8,10-11,22-23,35H,4-6,9,12-21H2,1-3H3,(H,36,42);1-2H3. The molecule has 1 aromatic carbocycles. The molecule has 0 spiro atoms. The molecule has 1 aromatic heterocycles. The Hall–Kier alpha value is -3.47. The van der Waals surface area contributed by atoms with Gasteiger partial charge in [-0.2, -0.15) is 0 Å². The molecular weight excluding hydrogens is 571 g/mol. The zero-order valence-corrected chi connectivity index (χ0v) is 27.8. The maximum absolute atomic E-state index is 15.7. The Kier molecular flexibility index (Phi) is 12.8. The Morgan fingerprint density at radius 1 is 1.02 bits per heavy atom. The molecule has 1 amide bonds. The van der Waals surface area contributed by atoms with E-state index in [-0.39, 0.29) is 22.4 Å². The molecule has 5 rings (SSSR count). The lowest BCUT2D eigenvalue weighted by Gasteiger charge is -2.32. The number of fused-ring (bicyclic) bond motifs is 1. The summed E-state index contributed by atoms with van der Waals surface area (Å²) in [5.41, 5.74) is 0.863. The topological polar surface area (TPSA) is 82.1 Å². The third-order valence-electron chi connectivity index (χ3n) is 8.32. The molecule has 3 heterocycles. The van der Waals surface area contributed by atoms with E-state index in [0.717, 1.165) is 71.6 Å². The number of carbonyl (C=O) groups excluding carboxylic acids is 1. The molecule has 1 aliphatic carbocycles. The van der Waals surface area contributed by atoms with E-state index in [1.54, 1.807) is 10.8 Å². The van der Waals surface area contributed by atoms with Gasteiger partial charge in [-0.3, -0.25) is 9.59 Å². The van der Waals surface area contributed by atoms with Gasteiger partial charge >= 0.3 is 0 Å². The monoisotopic (exact) mass is 622 g/mol. The SMILES string of the molecule is CC.CCCN(CCC)CCNc1c(F)cc2c(=O)c(C(=O)NCCCN3CCN(C)CC3)cn3c2c1OC1=C3C=CCC=C1. The minimum atomic E-state index is -0.578. The number of allylic oxidation sites excluding steroid dienone is 5. The molecule has 3 aliphatic rings. The van der Waals surface area contributed by atoms with Crippen molar-refractivity contribution in [1.82, 2.24) is 24.6 Å². The highest BCUT2D eigenvalue weighted by molar-refractivity contribution is 6.02. The summed E-state index contributed by atoms with van der Waals surface area (Å²) in [5.74, 6) is -0.225. The number of hydrogen-bond acceptors (Lipinski definition) is 7. The minimum absolute atomic E-state index is 0.0108. The molecule has 0 bridgehead atoms. The molecule has 0 atom stereocenters. The van der Waals surface area contributed by atoms with Crippen LogP contribution in [0.3, 0.4) is 0 Å². The number of benzene rings is 1. The van der Waals surface area contributed by atoms with Crippen LogP contribution in [-0.4, -0.2) is 97.7 Å². The van der Waals surface area contributed by atoms with E-state index in [2.05, 4.69) is 46.2 Å². The number of halogens is 1. The maximum atomic E-state index is 15.7.